The van der Waals surface area contributed by atoms with E-state index in [-0.39, 0.29) is 34.7 Å². The third kappa shape index (κ3) is 5.61. The first kappa shape index (κ1) is 35.2. The van der Waals surface area contributed by atoms with Crippen molar-refractivity contribution >= 4 is 5.97 Å². The van der Waals surface area contributed by atoms with Gasteiger partial charge in [-0.05, 0) is 99.4 Å². The van der Waals surface area contributed by atoms with E-state index in [2.05, 4.69) is 13.8 Å². The Balaban J connectivity index is 0.971. The van der Waals surface area contributed by atoms with E-state index in [0.717, 1.165) is 63.4 Å². The molecule has 0 radical (unpaired) electrons. The van der Waals surface area contributed by atoms with E-state index in [0.29, 0.717) is 24.9 Å². The maximum absolute atomic E-state index is 12.5. The summed E-state index contributed by atoms with van der Waals surface area (Å²) in [6.07, 6.45) is 1.91. The van der Waals surface area contributed by atoms with Crippen LogP contribution in [0.2, 0.25) is 0 Å². The summed E-state index contributed by atoms with van der Waals surface area (Å²) in [6.45, 7) is 6.40. The van der Waals surface area contributed by atoms with Gasteiger partial charge in [-0.2, -0.15) is 0 Å². The van der Waals surface area contributed by atoms with Crippen molar-refractivity contribution in [1.29, 1.82) is 0 Å². The van der Waals surface area contributed by atoms with Gasteiger partial charge in [0.15, 0.2) is 12.6 Å². The Morgan fingerprint density at radius 1 is 0.917 bits per heavy atom. The Morgan fingerprint density at radius 3 is 2.42 bits per heavy atom. The molecule has 7 aliphatic rings. The van der Waals surface area contributed by atoms with Gasteiger partial charge in [0.2, 0.25) is 0 Å². The molecule has 272 valence electrons. The van der Waals surface area contributed by atoms with Crippen molar-refractivity contribution in [3.8, 4) is 0 Å². The van der Waals surface area contributed by atoms with Gasteiger partial charge in [0.05, 0.1) is 30.5 Å². The van der Waals surface area contributed by atoms with Gasteiger partial charge in [0.25, 0.3) is 0 Å². The van der Waals surface area contributed by atoms with Gasteiger partial charge in [-0.1, -0.05) is 13.8 Å². The molecule has 12 heteroatoms. The first-order valence-electron chi connectivity index (χ1n) is 18.2. The molecule has 4 aliphatic carbocycles. The zero-order valence-corrected chi connectivity index (χ0v) is 28.7. The molecular formula is C36H56O12. The van der Waals surface area contributed by atoms with Gasteiger partial charge in [-0.25, -0.2) is 4.79 Å². The summed E-state index contributed by atoms with van der Waals surface area (Å²) in [4.78, 5) is 11.9. The van der Waals surface area contributed by atoms with Crippen LogP contribution in [-0.4, -0.2) is 119 Å². The highest BCUT2D eigenvalue weighted by Crippen LogP contribution is 2.70. The predicted octanol–water partition coefficient (Wildman–Crippen LogP) is 1.96. The Kier molecular flexibility index (Phi) is 9.61. The van der Waals surface area contributed by atoms with E-state index in [1.807, 2.05) is 6.92 Å². The second kappa shape index (κ2) is 13.1. The third-order valence-electron chi connectivity index (χ3n) is 14.3. The van der Waals surface area contributed by atoms with Gasteiger partial charge in [0.1, 0.15) is 37.1 Å². The zero-order chi connectivity index (χ0) is 34.2. The van der Waals surface area contributed by atoms with Gasteiger partial charge in [-0.15, -0.1) is 0 Å². The number of esters is 1. The van der Waals surface area contributed by atoms with Crippen LogP contribution in [-0.2, 0) is 33.2 Å². The summed E-state index contributed by atoms with van der Waals surface area (Å²) in [5, 5.41) is 52.9. The van der Waals surface area contributed by atoms with Gasteiger partial charge in [-0.3, -0.25) is 0 Å². The van der Waals surface area contributed by atoms with Crippen molar-refractivity contribution in [1.82, 2.24) is 0 Å². The van der Waals surface area contributed by atoms with Crippen molar-refractivity contribution < 1.29 is 58.7 Å². The number of aliphatic hydroxyl groups is 5. The molecule has 5 N–H and O–H groups in total. The number of aliphatic hydroxyl groups excluding tert-OH is 4. The number of carbonyl (C=O) groups excluding carboxylic acids is 1. The van der Waals surface area contributed by atoms with Gasteiger partial charge >= 0.3 is 5.97 Å². The molecule has 17 atom stereocenters. The highest BCUT2D eigenvalue weighted by atomic mass is 16.7. The summed E-state index contributed by atoms with van der Waals surface area (Å²) in [7, 11) is 1.58. The molecule has 2 saturated heterocycles. The molecule has 0 amide bonds. The minimum absolute atomic E-state index is 0.0388. The average molecular weight is 681 g/mol. The lowest BCUT2D eigenvalue weighted by molar-refractivity contribution is -0.345. The fraction of sp³-hybridized carbons (Fsp3) is 0.917. The predicted molar refractivity (Wildman–Crippen MR) is 169 cm³/mol. The number of ether oxygens (including phenoxy) is 6. The largest absolute Gasteiger partial charge is 0.458 e. The minimum atomic E-state index is -1.53. The van der Waals surface area contributed by atoms with Gasteiger partial charge in [0, 0.05) is 25.0 Å². The third-order valence-corrected chi connectivity index (χ3v) is 14.3. The molecule has 0 bridgehead atoms. The van der Waals surface area contributed by atoms with Crippen molar-refractivity contribution in [2.45, 2.75) is 152 Å². The molecular weight excluding hydrogens is 624 g/mol. The lowest BCUT2D eigenvalue weighted by Crippen LogP contribution is -2.62. The monoisotopic (exact) mass is 680 g/mol. The maximum atomic E-state index is 12.5. The smallest absolute Gasteiger partial charge is 0.331 e. The SMILES string of the molecule is CO[C@H]1C[C@H](O[C@H]2CC[C@@]3(C)[C@@H](CC[C@@H]4[C@@H]3CC[C@]3(C)[C@@H](C5=CC(=O)OC5)CC[C@]43O)C2)O[C@H](C)[C@H]1O[C@@H]1O[C@H](CO)[C@@H](O)[C@H](O)[C@H]1O. The van der Waals surface area contributed by atoms with Crippen molar-refractivity contribution in [3.05, 3.63) is 11.6 Å². The molecule has 0 aromatic rings. The summed E-state index contributed by atoms with van der Waals surface area (Å²) < 4.78 is 35.6. The van der Waals surface area contributed by atoms with Crippen molar-refractivity contribution in [3.63, 3.8) is 0 Å². The molecule has 3 aliphatic heterocycles. The highest BCUT2D eigenvalue weighted by Gasteiger charge is 2.67. The Morgan fingerprint density at radius 2 is 1.71 bits per heavy atom. The van der Waals surface area contributed by atoms with E-state index in [9.17, 15) is 30.3 Å². The molecule has 0 aromatic heterocycles. The summed E-state index contributed by atoms with van der Waals surface area (Å²) in [5.74, 6) is 1.14. The summed E-state index contributed by atoms with van der Waals surface area (Å²) in [5.41, 5.74) is 0.221. The van der Waals surface area contributed by atoms with E-state index in [1.165, 1.54) is 0 Å². The quantitative estimate of drug-likeness (QED) is 0.196. The van der Waals surface area contributed by atoms with Crippen LogP contribution in [0.1, 0.15) is 85.0 Å². The molecule has 0 aromatic carbocycles. The van der Waals surface area contributed by atoms with E-state index >= 15 is 0 Å². The van der Waals surface area contributed by atoms with Crippen molar-refractivity contribution in [2.75, 3.05) is 20.3 Å². The number of hydrogen-bond donors (Lipinski definition) is 5. The van der Waals surface area contributed by atoms with Crippen LogP contribution in [0.25, 0.3) is 0 Å². The number of hydrogen-bond acceptors (Lipinski definition) is 12. The highest BCUT2D eigenvalue weighted by molar-refractivity contribution is 5.85. The molecule has 7 rings (SSSR count). The fourth-order valence-corrected chi connectivity index (χ4v) is 11.6. The van der Waals surface area contributed by atoms with Crippen LogP contribution in [0.4, 0.5) is 0 Å². The lowest BCUT2D eigenvalue weighted by atomic mass is 9.43. The maximum Gasteiger partial charge on any atom is 0.331 e. The fourth-order valence-electron chi connectivity index (χ4n) is 11.6. The van der Waals surface area contributed by atoms with Gasteiger partial charge < -0.3 is 54.0 Å². The first-order valence-corrected chi connectivity index (χ1v) is 18.2. The average Bonchev–Trinajstić information content (AvgIpc) is 3.61. The Labute approximate surface area is 283 Å². The number of rotatable bonds is 7. The zero-order valence-electron chi connectivity index (χ0n) is 28.7. The molecule has 0 unspecified atom stereocenters. The second-order valence-corrected chi connectivity index (χ2v) is 16.4. The number of fused-ring (bicyclic) bond motifs is 5. The number of cyclic esters (lactones) is 1. The number of methoxy groups -OCH3 is 1. The molecule has 6 fully saturated rings. The minimum Gasteiger partial charge on any atom is -0.458 e. The number of carbonyl (C=O) groups is 1. The van der Waals surface area contributed by atoms with E-state index < -0.39 is 67.5 Å². The van der Waals surface area contributed by atoms with Crippen LogP contribution in [0, 0.1) is 34.5 Å². The van der Waals surface area contributed by atoms with E-state index in [4.69, 9.17) is 28.4 Å². The van der Waals surface area contributed by atoms with E-state index in [1.54, 1.807) is 13.2 Å². The Hall–Kier alpha value is -1.19. The normalized spacial score (nSPS) is 53.8. The first-order chi connectivity index (χ1) is 22.8. The van der Waals surface area contributed by atoms with Crippen molar-refractivity contribution in [2.24, 2.45) is 34.5 Å². The summed E-state index contributed by atoms with van der Waals surface area (Å²) >= 11 is 0. The topological polar surface area (TPSA) is 174 Å². The van der Waals surface area contributed by atoms with Crippen LogP contribution in [0.5, 0.6) is 0 Å². The van der Waals surface area contributed by atoms with Crippen LogP contribution in [0.3, 0.4) is 0 Å². The molecule has 3 heterocycles. The molecule has 0 spiro atoms. The molecule has 48 heavy (non-hydrogen) atoms. The standard InChI is InChI=1S/C36H56O12/c1-18-32(48-33-31(41)30(40)29(39)26(16-37)47-33)25(43-4)15-28(45-18)46-21-7-10-34(2)20(14-21)5-6-24-23(34)8-11-35(3)22(9-12-36(24,35)42)19-13-27(38)44-17-19/h13,18,20-26,28-33,37,39-42H,5-12,14-17H2,1-4H3/t18-,20+,21+,22-,23+,24-,25+,26-,28+,29-,30+,31-,32-,33+,34+,35-,36+/m1/s1. The Bertz CT molecular complexity index is 1230. The molecule has 12 nitrogen and oxygen atoms in total. The lowest BCUT2D eigenvalue weighted by Gasteiger charge is -2.64. The molecule has 4 saturated carbocycles. The van der Waals surface area contributed by atoms with Crippen LogP contribution >= 0.6 is 0 Å². The van der Waals surface area contributed by atoms with Crippen LogP contribution < -0.4 is 0 Å². The summed E-state index contributed by atoms with van der Waals surface area (Å²) in [6, 6.07) is 0. The second-order valence-electron chi connectivity index (χ2n) is 16.4. The van der Waals surface area contributed by atoms with Crippen LogP contribution in [0.15, 0.2) is 11.6 Å².